The fourth-order valence-electron chi connectivity index (χ4n) is 2.42. The van der Waals surface area contributed by atoms with E-state index in [2.05, 4.69) is 15.0 Å². The molecule has 27 heavy (non-hydrogen) atoms. The van der Waals surface area contributed by atoms with E-state index in [9.17, 15) is 14.9 Å². The number of nitro groups is 1. The Morgan fingerprint density at radius 1 is 1.19 bits per heavy atom. The molecule has 0 amide bonds. The zero-order valence-corrected chi connectivity index (χ0v) is 14.4. The average molecular weight is 364 g/mol. The van der Waals surface area contributed by atoms with Crippen molar-refractivity contribution in [2.45, 2.75) is 0 Å². The monoisotopic (exact) mass is 364 g/mol. The van der Waals surface area contributed by atoms with Crippen molar-refractivity contribution < 1.29 is 4.92 Å². The molecule has 0 bridgehead atoms. The first-order valence-corrected chi connectivity index (χ1v) is 7.93. The van der Waals surface area contributed by atoms with Gasteiger partial charge in [0.1, 0.15) is 0 Å². The Labute approximate surface area is 154 Å². The van der Waals surface area contributed by atoms with E-state index in [1.807, 2.05) is 30.3 Å². The molecule has 0 atom stereocenters. The van der Waals surface area contributed by atoms with Gasteiger partial charge in [-0.3, -0.25) is 19.9 Å². The first-order chi connectivity index (χ1) is 13.0. The second-order valence-corrected chi connectivity index (χ2v) is 5.62. The smallest absolute Gasteiger partial charge is 0.280 e. The van der Waals surface area contributed by atoms with Gasteiger partial charge in [-0.05, 0) is 29.8 Å². The Bertz CT molecular complexity index is 1040. The highest BCUT2D eigenvalue weighted by Crippen LogP contribution is 2.28. The van der Waals surface area contributed by atoms with Crippen LogP contribution in [-0.2, 0) is 0 Å². The molecule has 0 radical (unpaired) electrons. The van der Waals surface area contributed by atoms with Gasteiger partial charge in [-0.15, -0.1) is 0 Å². The van der Waals surface area contributed by atoms with Crippen molar-refractivity contribution in [1.29, 1.82) is 0 Å². The minimum absolute atomic E-state index is 0.0212. The van der Waals surface area contributed by atoms with E-state index in [1.54, 1.807) is 24.1 Å². The van der Waals surface area contributed by atoms with Crippen molar-refractivity contribution >= 4 is 35.0 Å². The number of rotatable bonds is 5. The highest BCUT2D eigenvalue weighted by molar-refractivity contribution is 5.84. The van der Waals surface area contributed by atoms with Gasteiger partial charge in [0.15, 0.2) is 11.5 Å². The van der Waals surface area contributed by atoms with Crippen molar-refractivity contribution in [3.05, 3.63) is 80.6 Å². The lowest BCUT2D eigenvalue weighted by Crippen LogP contribution is -2.19. The molecular formula is C18H16N6O3. The molecule has 1 aromatic heterocycles. The lowest BCUT2D eigenvalue weighted by Gasteiger charge is -2.19. The van der Waals surface area contributed by atoms with Crippen molar-refractivity contribution in [2.75, 3.05) is 17.7 Å². The lowest BCUT2D eigenvalue weighted by atomic mass is 10.2. The second-order valence-electron chi connectivity index (χ2n) is 5.62. The third-order valence-corrected chi connectivity index (χ3v) is 3.80. The number of aromatic amines is 1. The quantitative estimate of drug-likeness (QED) is 0.407. The van der Waals surface area contributed by atoms with E-state index >= 15 is 0 Å². The summed E-state index contributed by atoms with van der Waals surface area (Å²) in [5.74, 6) is 0.271. The molecule has 9 heteroatoms. The minimum atomic E-state index is -0.488. The number of nitrogen functional groups attached to an aromatic ring is 1. The third-order valence-electron chi connectivity index (χ3n) is 3.80. The largest absolute Gasteiger partial charge is 0.369 e. The van der Waals surface area contributed by atoms with Gasteiger partial charge < -0.3 is 10.6 Å². The van der Waals surface area contributed by atoms with Crippen LogP contribution in [0.5, 0.6) is 0 Å². The van der Waals surface area contributed by atoms with Gasteiger partial charge in [-0.1, -0.05) is 18.2 Å². The van der Waals surface area contributed by atoms with Crippen LogP contribution in [0.4, 0.5) is 28.8 Å². The Balaban J connectivity index is 2.00. The van der Waals surface area contributed by atoms with Crippen LogP contribution < -0.4 is 16.2 Å². The molecule has 1 heterocycles. The Hall–Kier alpha value is -4.01. The Morgan fingerprint density at radius 2 is 1.85 bits per heavy atom. The third kappa shape index (κ3) is 3.98. The molecule has 0 aliphatic rings. The van der Waals surface area contributed by atoms with E-state index < -0.39 is 10.5 Å². The Morgan fingerprint density at radius 3 is 2.48 bits per heavy atom. The molecule has 0 aliphatic heterocycles. The number of para-hydroxylation sites is 1. The number of benzene rings is 2. The van der Waals surface area contributed by atoms with E-state index in [4.69, 9.17) is 5.73 Å². The summed E-state index contributed by atoms with van der Waals surface area (Å²) >= 11 is 0. The SMILES string of the molecule is CN(c1ccccc1)c1nc(N)[nH]c(=O)c1N=Cc1ccc([N+](=O)[O-])cc1. The minimum Gasteiger partial charge on any atom is -0.369 e. The van der Waals surface area contributed by atoms with Crippen LogP contribution in [0.2, 0.25) is 0 Å². The maximum Gasteiger partial charge on any atom is 0.280 e. The molecule has 3 rings (SSSR count). The lowest BCUT2D eigenvalue weighted by molar-refractivity contribution is -0.384. The number of nitrogens with one attached hydrogen (secondary N) is 1. The summed E-state index contributed by atoms with van der Waals surface area (Å²) in [5.41, 5.74) is 6.66. The molecule has 0 unspecified atom stereocenters. The van der Waals surface area contributed by atoms with Gasteiger partial charge >= 0.3 is 0 Å². The summed E-state index contributed by atoms with van der Waals surface area (Å²) in [5, 5.41) is 10.7. The second kappa shape index (κ2) is 7.48. The number of nitrogens with zero attached hydrogens (tertiary/aromatic N) is 4. The van der Waals surface area contributed by atoms with Crippen LogP contribution in [0, 0.1) is 10.1 Å². The van der Waals surface area contributed by atoms with Crippen molar-refractivity contribution in [3.8, 4) is 0 Å². The molecule has 3 N–H and O–H groups in total. The van der Waals surface area contributed by atoms with Crippen LogP contribution >= 0.6 is 0 Å². The summed E-state index contributed by atoms with van der Waals surface area (Å²) in [6, 6.07) is 15.1. The number of hydrogen-bond acceptors (Lipinski definition) is 7. The maximum absolute atomic E-state index is 12.4. The highest BCUT2D eigenvalue weighted by Gasteiger charge is 2.15. The number of nitro benzene ring substituents is 1. The van der Waals surface area contributed by atoms with Gasteiger partial charge in [-0.2, -0.15) is 4.98 Å². The van der Waals surface area contributed by atoms with Gasteiger partial charge in [0, 0.05) is 31.1 Å². The number of H-pyrrole nitrogens is 1. The summed E-state index contributed by atoms with van der Waals surface area (Å²) in [7, 11) is 1.75. The predicted molar refractivity (Wildman–Crippen MR) is 104 cm³/mol. The number of aromatic nitrogens is 2. The molecule has 2 aromatic carbocycles. The summed E-state index contributed by atoms with van der Waals surface area (Å²) < 4.78 is 0. The summed E-state index contributed by atoms with van der Waals surface area (Å²) in [6.07, 6.45) is 1.44. The van der Waals surface area contributed by atoms with E-state index in [0.29, 0.717) is 11.4 Å². The van der Waals surface area contributed by atoms with Crippen LogP contribution in [0.1, 0.15) is 5.56 Å². The van der Waals surface area contributed by atoms with Crippen LogP contribution in [0.25, 0.3) is 0 Å². The zero-order chi connectivity index (χ0) is 19.4. The number of anilines is 3. The van der Waals surface area contributed by atoms with Gasteiger partial charge in [-0.25, -0.2) is 4.99 Å². The highest BCUT2D eigenvalue weighted by atomic mass is 16.6. The number of hydrogen-bond donors (Lipinski definition) is 2. The van der Waals surface area contributed by atoms with Crippen molar-refractivity contribution in [1.82, 2.24) is 9.97 Å². The van der Waals surface area contributed by atoms with Crippen molar-refractivity contribution in [2.24, 2.45) is 4.99 Å². The van der Waals surface area contributed by atoms with Crippen LogP contribution in [0.15, 0.2) is 64.4 Å². The van der Waals surface area contributed by atoms with Crippen LogP contribution in [0.3, 0.4) is 0 Å². The molecule has 9 nitrogen and oxygen atoms in total. The fraction of sp³-hybridized carbons (Fsp3) is 0.0556. The average Bonchev–Trinajstić information content (AvgIpc) is 2.67. The zero-order valence-electron chi connectivity index (χ0n) is 14.4. The molecular weight excluding hydrogens is 348 g/mol. The summed E-state index contributed by atoms with van der Waals surface area (Å²) in [6.45, 7) is 0. The molecule has 0 fully saturated rings. The Kier molecular flexibility index (Phi) is 4.93. The molecule has 3 aromatic rings. The first kappa shape index (κ1) is 17.8. The van der Waals surface area contributed by atoms with E-state index in [-0.39, 0.29) is 17.3 Å². The van der Waals surface area contributed by atoms with Crippen LogP contribution in [-0.4, -0.2) is 28.2 Å². The van der Waals surface area contributed by atoms with Crippen molar-refractivity contribution in [3.63, 3.8) is 0 Å². The number of aliphatic imine (C=N–C) groups is 1. The topological polar surface area (TPSA) is 131 Å². The maximum atomic E-state index is 12.4. The van der Waals surface area contributed by atoms with E-state index in [1.165, 1.54) is 18.3 Å². The van der Waals surface area contributed by atoms with Gasteiger partial charge in [0.25, 0.3) is 11.2 Å². The normalized spacial score (nSPS) is 10.9. The standard InChI is InChI=1S/C18H16N6O3/c1-23(13-5-3-2-4-6-13)16-15(17(25)22-18(19)21-16)20-11-12-7-9-14(10-8-12)24(26)27/h2-11H,1H3,(H3,19,21,22,25). The van der Waals surface area contributed by atoms with E-state index in [0.717, 1.165) is 5.69 Å². The predicted octanol–water partition coefficient (Wildman–Crippen LogP) is 2.78. The molecule has 0 aliphatic carbocycles. The fourth-order valence-corrected chi connectivity index (χ4v) is 2.42. The number of nitrogens with two attached hydrogens (primary N) is 1. The first-order valence-electron chi connectivity index (χ1n) is 7.93. The van der Waals surface area contributed by atoms with Gasteiger partial charge in [0.05, 0.1) is 4.92 Å². The molecule has 0 spiro atoms. The van der Waals surface area contributed by atoms with Gasteiger partial charge in [0.2, 0.25) is 5.95 Å². The molecule has 0 saturated heterocycles. The summed E-state index contributed by atoms with van der Waals surface area (Å²) in [4.78, 5) is 35.2. The molecule has 136 valence electrons. The molecule has 0 saturated carbocycles. The number of non-ortho nitro benzene ring substituents is 1.